The average molecular weight is 556 g/mol. The minimum atomic E-state index is -1.17. The van der Waals surface area contributed by atoms with Gasteiger partial charge in [-0.1, -0.05) is 0 Å². The smallest absolute Gasteiger partial charge is 1.00 e. The molecule has 0 saturated carbocycles. The van der Waals surface area contributed by atoms with Crippen LogP contribution in [-0.4, -0.2) is 8.07 Å². The van der Waals surface area contributed by atoms with E-state index in [9.17, 15) is 0 Å². The van der Waals surface area contributed by atoms with Crippen molar-refractivity contribution in [2.45, 2.75) is 53.5 Å². The van der Waals surface area contributed by atoms with Gasteiger partial charge in [0.2, 0.25) is 0 Å². The maximum atomic E-state index is 2.74. The molecule has 1 aliphatic heterocycles. The van der Waals surface area contributed by atoms with E-state index in [0.29, 0.717) is 2.79 Å². The van der Waals surface area contributed by atoms with Crippen LogP contribution in [0.4, 0.5) is 0 Å². The summed E-state index contributed by atoms with van der Waals surface area (Å²) >= 11 is -0.890. The van der Waals surface area contributed by atoms with Gasteiger partial charge in [-0.2, -0.15) is 0 Å². The first kappa shape index (κ1) is 21.4. The number of unbranched alkanes of at least 4 members (excludes halogenated alkanes) is 1. The van der Waals surface area contributed by atoms with Crippen LogP contribution in [0.1, 0.15) is 43.7 Å². The Morgan fingerprint density at radius 2 is 1.96 bits per heavy atom. The molecule has 2 aliphatic carbocycles. The monoisotopic (exact) mass is 556 g/mol. The molecule has 1 aromatic rings. The van der Waals surface area contributed by atoms with E-state index in [4.69, 9.17) is 0 Å². The fraction of sp³-hybridized carbons (Fsp3) is 0.429. The third kappa shape index (κ3) is 3.61. The molecular weight excluding hydrogens is 530 g/mol. The van der Waals surface area contributed by atoms with Crippen molar-refractivity contribution in [2.24, 2.45) is 0 Å². The number of allylic oxidation sites excluding steroid dienone is 5. The van der Waals surface area contributed by atoms with Crippen LogP contribution in [0.5, 0.6) is 0 Å². The SMILES string of the molecule is CCCC[Si]1([C]2([Hf+2][C]3=CC=CC3)C=Cc3ccccc32)CCC1.[Cl-].[Cl-]. The first-order valence-electron chi connectivity index (χ1n) is 9.22. The molecule has 1 atom stereocenters. The average Bonchev–Trinajstić information content (AvgIpc) is 3.16. The normalized spacial score (nSPS) is 24.4. The Balaban J connectivity index is 0.00000113. The summed E-state index contributed by atoms with van der Waals surface area (Å²) in [4.78, 5) is 0. The molecule has 4 heteroatoms. The molecule has 132 valence electrons. The van der Waals surface area contributed by atoms with Crippen molar-refractivity contribution in [1.29, 1.82) is 0 Å². The van der Waals surface area contributed by atoms with Gasteiger partial charge in [0.25, 0.3) is 0 Å². The number of rotatable bonds is 6. The van der Waals surface area contributed by atoms with Gasteiger partial charge in [-0.15, -0.1) is 0 Å². The summed E-state index contributed by atoms with van der Waals surface area (Å²) < 4.78 is 2.43. The largest absolute Gasteiger partial charge is 1.00 e. The minimum absolute atomic E-state index is 0. The van der Waals surface area contributed by atoms with Crippen molar-refractivity contribution in [2.75, 3.05) is 0 Å². The first-order chi connectivity index (χ1) is 11.3. The fourth-order valence-electron chi connectivity index (χ4n) is 4.76. The Labute approximate surface area is 177 Å². The predicted molar refractivity (Wildman–Crippen MR) is 98.7 cm³/mol. The number of hydrogen-bond acceptors (Lipinski definition) is 0. The molecule has 25 heavy (non-hydrogen) atoms. The number of benzene rings is 1. The second kappa shape index (κ2) is 8.86. The van der Waals surface area contributed by atoms with Gasteiger partial charge in [0.05, 0.1) is 0 Å². The van der Waals surface area contributed by atoms with Gasteiger partial charge in [-0.3, -0.25) is 0 Å². The quantitative estimate of drug-likeness (QED) is 0.435. The molecule has 0 N–H and O–H groups in total. The molecule has 0 radical (unpaired) electrons. The Morgan fingerprint density at radius 1 is 1.16 bits per heavy atom. The van der Waals surface area contributed by atoms with Crippen molar-refractivity contribution >= 4 is 14.1 Å². The second-order valence-electron chi connectivity index (χ2n) is 7.42. The van der Waals surface area contributed by atoms with Crippen LogP contribution >= 0.6 is 0 Å². The van der Waals surface area contributed by atoms with Gasteiger partial charge < -0.3 is 24.8 Å². The molecule has 3 aliphatic rings. The van der Waals surface area contributed by atoms with Crippen LogP contribution in [0.3, 0.4) is 0 Å². The van der Waals surface area contributed by atoms with Crippen LogP contribution in [0.25, 0.3) is 6.08 Å². The molecule has 1 unspecified atom stereocenters. The number of hydrogen-bond donors (Lipinski definition) is 0. The summed E-state index contributed by atoms with van der Waals surface area (Å²) in [6, 6.07) is 14.1. The van der Waals surface area contributed by atoms with E-state index in [1.165, 1.54) is 25.7 Å². The summed E-state index contributed by atoms with van der Waals surface area (Å²) in [6.45, 7) is 2.37. The van der Waals surface area contributed by atoms with Crippen molar-refractivity contribution in [3.05, 3.63) is 63.0 Å². The van der Waals surface area contributed by atoms with Gasteiger partial charge in [-0.05, 0) is 0 Å². The van der Waals surface area contributed by atoms with Crippen molar-refractivity contribution < 1.29 is 47.7 Å². The third-order valence-corrected chi connectivity index (χ3v) is 24.4. The molecule has 0 bridgehead atoms. The maximum absolute atomic E-state index is 2.74. The van der Waals surface area contributed by atoms with E-state index >= 15 is 0 Å². The standard InChI is InChI=1S/C16H21Si.C5H5.2ClH.Hf/c1-2-3-11-17(12-6-13-17)16-10-9-14-7-4-5-8-15(14)16;1-2-4-5-3-1;;;/h4-5,7-10H,2-3,6,11-13H2,1H3;1-3H,4H2;2*1H;/q;;;;+2/p-2. The molecule has 1 aromatic carbocycles. The van der Waals surface area contributed by atoms with E-state index in [1.807, 2.05) is 3.33 Å². The van der Waals surface area contributed by atoms with E-state index in [-0.39, 0.29) is 24.8 Å². The van der Waals surface area contributed by atoms with Gasteiger partial charge in [-0.25, -0.2) is 0 Å². The predicted octanol–water partition coefficient (Wildman–Crippen LogP) is 0.0348. The van der Waals surface area contributed by atoms with E-state index in [0.717, 1.165) is 0 Å². The Morgan fingerprint density at radius 3 is 2.60 bits per heavy atom. The molecule has 1 fully saturated rings. The summed E-state index contributed by atoms with van der Waals surface area (Å²) in [5, 5.41) is 0. The summed E-state index contributed by atoms with van der Waals surface area (Å²) in [5.41, 5.74) is 3.29. The number of halogens is 2. The molecule has 4 rings (SSSR count). The molecule has 1 saturated heterocycles. The van der Waals surface area contributed by atoms with Gasteiger partial charge in [0.1, 0.15) is 0 Å². The topological polar surface area (TPSA) is 0 Å². The molecule has 0 nitrogen and oxygen atoms in total. The first-order valence-corrected chi connectivity index (χ1v) is 15.4. The van der Waals surface area contributed by atoms with Gasteiger partial charge in [0, 0.05) is 0 Å². The Kier molecular flexibility index (Phi) is 7.59. The van der Waals surface area contributed by atoms with Gasteiger partial charge in [0.15, 0.2) is 0 Å². The second-order valence-corrected chi connectivity index (χ2v) is 20.1. The third-order valence-electron chi connectivity index (χ3n) is 6.18. The van der Waals surface area contributed by atoms with Gasteiger partial charge >= 0.3 is 154 Å². The van der Waals surface area contributed by atoms with Crippen LogP contribution in [0.15, 0.2) is 51.9 Å². The fourth-order valence-corrected chi connectivity index (χ4v) is 23.6. The van der Waals surface area contributed by atoms with Crippen LogP contribution in [0.2, 0.25) is 18.1 Å². The van der Waals surface area contributed by atoms with Crippen LogP contribution in [0, 0.1) is 0 Å². The zero-order valence-corrected chi connectivity index (χ0v) is 21.0. The molecule has 0 aromatic heterocycles. The van der Waals surface area contributed by atoms with E-state index in [1.54, 1.807) is 29.3 Å². The number of fused-ring (bicyclic) bond motifs is 1. The Bertz CT molecular complexity index is 691. The van der Waals surface area contributed by atoms with E-state index < -0.39 is 31.0 Å². The maximum Gasteiger partial charge on any atom is -1.00 e. The van der Waals surface area contributed by atoms with E-state index in [2.05, 4.69) is 61.6 Å². The molecule has 0 spiro atoms. The molecular formula is C21H26Cl2HfSi. The van der Waals surface area contributed by atoms with Crippen molar-refractivity contribution in [3.63, 3.8) is 0 Å². The Hall–Kier alpha value is 0.107. The van der Waals surface area contributed by atoms with Crippen LogP contribution < -0.4 is 24.8 Å². The summed E-state index contributed by atoms with van der Waals surface area (Å²) in [6.07, 6.45) is 18.0. The molecule has 0 amide bonds. The molecule has 1 heterocycles. The van der Waals surface area contributed by atoms with Crippen LogP contribution in [-0.2, 0) is 25.7 Å². The summed E-state index contributed by atoms with van der Waals surface area (Å²) in [7, 11) is -1.17. The van der Waals surface area contributed by atoms with Crippen molar-refractivity contribution in [1.82, 2.24) is 0 Å². The van der Waals surface area contributed by atoms with Crippen molar-refractivity contribution in [3.8, 4) is 0 Å². The zero-order chi connectivity index (χ0) is 15.8. The zero-order valence-electron chi connectivity index (χ0n) is 14.9. The summed E-state index contributed by atoms with van der Waals surface area (Å²) in [5.74, 6) is 0. The minimum Gasteiger partial charge on any atom is -1.00 e.